The van der Waals surface area contributed by atoms with Crippen LogP contribution in [0.4, 0.5) is 5.82 Å². The van der Waals surface area contributed by atoms with Crippen molar-refractivity contribution in [3.8, 4) is 0 Å². The number of carboxylic acid groups (broad SMARTS) is 1. The average molecular weight is 262 g/mol. The van der Waals surface area contributed by atoms with E-state index in [4.69, 9.17) is 5.11 Å². The van der Waals surface area contributed by atoms with Crippen LogP contribution in [0.5, 0.6) is 0 Å². The molecule has 6 heteroatoms. The average Bonchev–Trinajstić information content (AvgIpc) is 2.70. The van der Waals surface area contributed by atoms with Gasteiger partial charge >= 0.3 is 5.97 Å². The summed E-state index contributed by atoms with van der Waals surface area (Å²) in [5.41, 5.74) is 1.14. The maximum atomic E-state index is 11.2. The molecule has 0 aliphatic heterocycles. The summed E-state index contributed by atoms with van der Waals surface area (Å²) in [5.74, 6) is -0.343. The molecule has 0 spiro atoms. The third kappa shape index (κ3) is 2.83. The Hall–Kier alpha value is -2.11. The van der Waals surface area contributed by atoms with Gasteiger partial charge in [-0.15, -0.1) is 5.10 Å². The number of aromatic carboxylic acids is 1. The number of nitrogens with one attached hydrogen (secondary N) is 1. The molecule has 0 fully saturated rings. The Balaban J connectivity index is 2.23. The molecule has 2 N–H and O–H groups in total. The topological polar surface area (TPSA) is 79.5 Å². The molecule has 0 amide bonds. The maximum Gasteiger partial charge on any atom is 0.356 e. The molecule has 0 unspecified atom stereocenters. The van der Waals surface area contributed by atoms with Crippen LogP contribution in [0.2, 0.25) is 0 Å². The minimum absolute atomic E-state index is 0.118. The van der Waals surface area contributed by atoms with E-state index in [0.29, 0.717) is 17.2 Å². The predicted molar refractivity (Wildman–Crippen MR) is 72.7 cm³/mol. The zero-order valence-corrected chi connectivity index (χ0v) is 11.2. The molecule has 0 radical (unpaired) electrons. The van der Waals surface area contributed by atoms with Gasteiger partial charge in [0, 0.05) is 6.54 Å². The number of unbranched alkanes of at least 4 members (excludes halogenated alkanes) is 2. The zero-order valence-electron chi connectivity index (χ0n) is 11.2. The second kappa shape index (κ2) is 5.69. The molecule has 0 aliphatic carbocycles. The number of fused-ring (bicyclic) bond motifs is 1. The summed E-state index contributed by atoms with van der Waals surface area (Å²) in [4.78, 5) is 15.4. The van der Waals surface area contributed by atoms with E-state index in [1.165, 1.54) is 10.9 Å². The lowest BCUT2D eigenvalue weighted by Gasteiger charge is -2.05. The van der Waals surface area contributed by atoms with Crippen molar-refractivity contribution in [2.75, 3.05) is 11.9 Å². The zero-order chi connectivity index (χ0) is 13.8. The highest BCUT2D eigenvalue weighted by molar-refractivity contribution is 5.88. The summed E-state index contributed by atoms with van der Waals surface area (Å²) >= 11 is 0. The van der Waals surface area contributed by atoms with E-state index in [2.05, 4.69) is 22.3 Å². The molecule has 2 heterocycles. The third-order valence-corrected chi connectivity index (χ3v) is 2.94. The fourth-order valence-electron chi connectivity index (χ4n) is 1.97. The van der Waals surface area contributed by atoms with Gasteiger partial charge in [-0.1, -0.05) is 19.8 Å². The molecule has 102 valence electrons. The lowest BCUT2D eigenvalue weighted by atomic mass is 10.2. The fourth-order valence-corrected chi connectivity index (χ4v) is 1.97. The quantitative estimate of drug-likeness (QED) is 0.781. The molecule has 2 aromatic rings. The van der Waals surface area contributed by atoms with Gasteiger partial charge in [-0.25, -0.2) is 14.3 Å². The number of nitrogens with zero attached hydrogens (tertiary/aromatic N) is 3. The van der Waals surface area contributed by atoms with Crippen molar-refractivity contribution in [3.63, 3.8) is 0 Å². The van der Waals surface area contributed by atoms with Crippen LogP contribution < -0.4 is 5.32 Å². The Morgan fingerprint density at radius 2 is 2.21 bits per heavy atom. The van der Waals surface area contributed by atoms with E-state index in [1.807, 2.05) is 6.07 Å². The first-order valence-electron chi connectivity index (χ1n) is 6.47. The number of anilines is 1. The lowest BCUT2D eigenvalue weighted by molar-refractivity contribution is 0.0687. The monoisotopic (exact) mass is 262 g/mol. The van der Waals surface area contributed by atoms with Crippen LogP contribution in [0.15, 0.2) is 12.1 Å². The first-order valence-corrected chi connectivity index (χ1v) is 6.47. The molecule has 19 heavy (non-hydrogen) atoms. The Kier molecular flexibility index (Phi) is 3.99. The van der Waals surface area contributed by atoms with Gasteiger partial charge in [0.15, 0.2) is 11.3 Å². The Labute approximate surface area is 111 Å². The summed E-state index contributed by atoms with van der Waals surface area (Å²) in [5, 5.41) is 16.6. The highest BCUT2D eigenvalue weighted by Gasteiger charge is 2.16. The second-order valence-electron chi connectivity index (χ2n) is 4.47. The first kappa shape index (κ1) is 13.3. The Morgan fingerprint density at radius 3 is 2.89 bits per heavy atom. The molecular formula is C13H18N4O2. The van der Waals surface area contributed by atoms with E-state index in [9.17, 15) is 4.79 Å². The molecule has 0 saturated carbocycles. The van der Waals surface area contributed by atoms with Gasteiger partial charge in [-0.3, -0.25) is 0 Å². The summed E-state index contributed by atoms with van der Waals surface area (Å²) in [6, 6.07) is 3.59. The van der Waals surface area contributed by atoms with Crippen LogP contribution in [0.3, 0.4) is 0 Å². The minimum atomic E-state index is -1.01. The molecule has 0 aromatic carbocycles. The van der Waals surface area contributed by atoms with Gasteiger partial charge in [0.2, 0.25) is 0 Å². The summed E-state index contributed by atoms with van der Waals surface area (Å²) < 4.78 is 1.37. The van der Waals surface area contributed by atoms with Crippen LogP contribution in [0.1, 0.15) is 42.4 Å². The maximum absolute atomic E-state index is 11.2. The van der Waals surface area contributed by atoms with Crippen molar-refractivity contribution >= 4 is 17.4 Å². The van der Waals surface area contributed by atoms with Crippen molar-refractivity contribution in [2.45, 2.75) is 33.1 Å². The standard InChI is InChI=1S/C13H18N4O2/c1-3-4-5-8-14-10-6-7-11-15-9(2)12(13(18)19)17(11)16-10/h6-7H,3-5,8H2,1-2H3,(H,14,16)(H,18,19). The van der Waals surface area contributed by atoms with Crippen LogP contribution in [-0.4, -0.2) is 32.2 Å². The largest absolute Gasteiger partial charge is 0.476 e. The van der Waals surface area contributed by atoms with Gasteiger partial charge in [-0.2, -0.15) is 0 Å². The molecule has 2 rings (SSSR count). The highest BCUT2D eigenvalue weighted by Crippen LogP contribution is 2.13. The van der Waals surface area contributed by atoms with Crippen molar-refractivity contribution in [1.29, 1.82) is 0 Å². The number of aromatic nitrogens is 3. The summed E-state index contributed by atoms with van der Waals surface area (Å²) in [7, 11) is 0. The van der Waals surface area contributed by atoms with Crippen molar-refractivity contribution < 1.29 is 9.90 Å². The smallest absolute Gasteiger partial charge is 0.356 e. The molecule has 6 nitrogen and oxygen atoms in total. The van der Waals surface area contributed by atoms with Crippen molar-refractivity contribution in [3.05, 3.63) is 23.5 Å². The van der Waals surface area contributed by atoms with Crippen LogP contribution in [0.25, 0.3) is 5.65 Å². The second-order valence-corrected chi connectivity index (χ2v) is 4.47. The highest BCUT2D eigenvalue weighted by atomic mass is 16.4. The third-order valence-electron chi connectivity index (χ3n) is 2.94. The van der Waals surface area contributed by atoms with E-state index >= 15 is 0 Å². The predicted octanol–water partition coefficient (Wildman–Crippen LogP) is 2.34. The number of rotatable bonds is 6. The van der Waals surface area contributed by atoms with E-state index in [0.717, 1.165) is 19.4 Å². The fraction of sp³-hybridized carbons (Fsp3) is 0.462. The number of hydrogen-bond acceptors (Lipinski definition) is 4. The van der Waals surface area contributed by atoms with Gasteiger partial charge < -0.3 is 10.4 Å². The number of carbonyl (C=O) groups is 1. The summed E-state index contributed by atoms with van der Waals surface area (Å²) in [6.07, 6.45) is 3.41. The van der Waals surface area contributed by atoms with E-state index in [1.54, 1.807) is 13.0 Å². The number of imidazole rings is 1. The van der Waals surface area contributed by atoms with Gasteiger partial charge in [0.25, 0.3) is 0 Å². The molecule has 0 aliphatic rings. The molecule has 0 atom stereocenters. The van der Waals surface area contributed by atoms with E-state index < -0.39 is 5.97 Å². The number of carboxylic acids is 1. The minimum Gasteiger partial charge on any atom is -0.476 e. The van der Waals surface area contributed by atoms with E-state index in [-0.39, 0.29) is 5.69 Å². The number of aryl methyl sites for hydroxylation is 1. The van der Waals surface area contributed by atoms with Crippen LogP contribution in [-0.2, 0) is 0 Å². The first-order chi connectivity index (χ1) is 9.13. The van der Waals surface area contributed by atoms with Gasteiger partial charge in [-0.05, 0) is 25.5 Å². The van der Waals surface area contributed by atoms with Crippen molar-refractivity contribution in [1.82, 2.24) is 14.6 Å². The lowest BCUT2D eigenvalue weighted by Crippen LogP contribution is -2.09. The van der Waals surface area contributed by atoms with Crippen LogP contribution >= 0.6 is 0 Å². The Morgan fingerprint density at radius 1 is 1.42 bits per heavy atom. The Bertz CT molecular complexity index is 592. The SMILES string of the molecule is CCCCCNc1ccc2nc(C)c(C(=O)O)n2n1. The van der Waals surface area contributed by atoms with Crippen LogP contribution in [0, 0.1) is 6.92 Å². The van der Waals surface area contributed by atoms with Gasteiger partial charge in [0.05, 0.1) is 5.69 Å². The summed E-state index contributed by atoms with van der Waals surface area (Å²) in [6.45, 7) is 4.66. The molecule has 0 bridgehead atoms. The molecular weight excluding hydrogens is 244 g/mol. The normalized spacial score (nSPS) is 10.8. The molecule has 0 saturated heterocycles. The number of hydrogen-bond donors (Lipinski definition) is 2. The van der Waals surface area contributed by atoms with Crippen molar-refractivity contribution in [2.24, 2.45) is 0 Å². The molecule has 2 aromatic heterocycles. The van der Waals surface area contributed by atoms with Gasteiger partial charge in [0.1, 0.15) is 5.82 Å².